The summed E-state index contributed by atoms with van der Waals surface area (Å²) in [5.74, 6) is 0.267. The standard InChI is InChI=1S/C12H17ClN2O4S/c1-2-19-12(16)14-10-4-6-11(7-5-10)15-20(17,18)9-3-8-13/h4-7,15H,2-3,8-9H2,1H3,(H,14,16). The van der Waals surface area contributed by atoms with E-state index in [1.54, 1.807) is 31.2 Å². The van der Waals surface area contributed by atoms with E-state index < -0.39 is 16.1 Å². The Balaban J connectivity index is 2.60. The molecule has 112 valence electrons. The third-order valence-corrected chi connectivity index (χ3v) is 3.87. The third kappa shape index (κ3) is 6.12. The Morgan fingerprint density at radius 3 is 2.40 bits per heavy atom. The molecule has 0 spiro atoms. The number of rotatable bonds is 7. The first-order valence-electron chi connectivity index (χ1n) is 6.07. The van der Waals surface area contributed by atoms with Crippen LogP contribution in [-0.4, -0.2) is 32.8 Å². The van der Waals surface area contributed by atoms with E-state index in [2.05, 4.69) is 10.0 Å². The first kappa shape index (κ1) is 16.6. The van der Waals surface area contributed by atoms with Crippen molar-refractivity contribution in [2.75, 3.05) is 28.3 Å². The normalized spacial score (nSPS) is 10.9. The fourth-order valence-corrected chi connectivity index (χ4v) is 2.80. The van der Waals surface area contributed by atoms with Gasteiger partial charge in [-0.05, 0) is 37.6 Å². The molecular weight excluding hydrogens is 304 g/mol. The predicted octanol–water partition coefficient (Wildman–Crippen LogP) is 2.63. The van der Waals surface area contributed by atoms with Gasteiger partial charge < -0.3 is 4.74 Å². The zero-order valence-electron chi connectivity index (χ0n) is 11.1. The fraction of sp³-hybridized carbons (Fsp3) is 0.417. The summed E-state index contributed by atoms with van der Waals surface area (Å²) >= 11 is 5.46. The zero-order chi connectivity index (χ0) is 15.0. The molecule has 0 saturated carbocycles. The molecule has 0 atom stereocenters. The number of nitrogens with one attached hydrogen (secondary N) is 2. The van der Waals surface area contributed by atoms with E-state index in [1.165, 1.54) is 0 Å². The SMILES string of the molecule is CCOC(=O)Nc1ccc(NS(=O)(=O)CCCCl)cc1. The van der Waals surface area contributed by atoms with E-state index >= 15 is 0 Å². The maximum atomic E-state index is 11.6. The van der Waals surface area contributed by atoms with Gasteiger partial charge in [-0.25, -0.2) is 13.2 Å². The molecule has 0 aliphatic heterocycles. The van der Waals surface area contributed by atoms with Gasteiger partial charge in [-0.1, -0.05) is 0 Å². The van der Waals surface area contributed by atoms with Crippen LogP contribution in [0.3, 0.4) is 0 Å². The molecule has 0 saturated heterocycles. The average molecular weight is 321 g/mol. The number of carbonyl (C=O) groups excluding carboxylic acids is 1. The van der Waals surface area contributed by atoms with Crippen molar-refractivity contribution in [1.29, 1.82) is 0 Å². The van der Waals surface area contributed by atoms with E-state index in [0.29, 0.717) is 23.7 Å². The summed E-state index contributed by atoms with van der Waals surface area (Å²) in [6, 6.07) is 6.27. The second-order valence-electron chi connectivity index (χ2n) is 3.89. The fourth-order valence-electron chi connectivity index (χ4n) is 1.38. The lowest BCUT2D eigenvalue weighted by Gasteiger charge is -2.09. The Morgan fingerprint density at radius 1 is 1.25 bits per heavy atom. The van der Waals surface area contributed by atoms with Crippen molar-refractivity contribution in [1.82, 2.24) is 0 Å². The molecule has 0 aromatic heterocycles. The van der Waals surface area contributed by atoms with E-state index in [9.17, 15) is 13.2 Å². The second kappa shape index (κ2) is 7.96. The number of halogens is 1. The number of ether oxygens (including phenoxy) is 1. The zero-order valence-corrected chi connectivity index (χ0v) is 12.6. The smallest absolute Gasteiger partial charge is 0.411 e. The highest BCUT2D eigenvalue weighted by Crippen LogP contribution is 2.15. The van der Waals surface area contributed by atoms with E-state index in [0.717, 1.165) is 0 Å². The molecule has 0 unspecified atom stereocenters. The molecular formula is C12H17ClN2O4S. The largest absolute Gasteiger partial charge is 0.450 e. The number of benzene rings is 1. The molecule has 0 bridgehead atoms. The van der Waals surface area contributed by atoms with Gasteiger partial charge in [0.25, 0.3) is 0 Å². The van der Waals surface area contributed by atoms with Crippen LogP contribution in [0.15, 0.2) is 24.3 Å². The molecule has 8 heteroatoms. The van der Waals surface area contributed by atoms with Crippen LogP contribution >= 0.6 is 11.6 Å². The Bertz CT molecular complexity index is 531. The van der Waals surface area contributed by atoms with Gasteiger partial charge in [0.1, 0.15) is 0 Å². The van der Waals surface area contributed by atoms with Crippen molar-refractivity contribution in [3.8, 4) is 0 Å². The number of alkyl halides is 1. The lowest BCUT2D eigenvalue weighted by molar-refractivity contribution is 0.168. The Morgan fingerprint density at radius 2 is 1.85 bits per heavy atom. The van der Waals surface area contributed by atoms with Crippen molar-refractivity contribution in [3.63, 3.8) is 0 Å². The van der Waals surface area contributed by atoms with Crippen LogP contribution in [0.1, 0.15) is 13.3 Å². The summed E-state index contributed by atoms with van der Waals surface area (Å²) < 4.78 is 30.4. The quantitative estimate of drug-likeness (QED) is 0.756. The Kier molecular flexibility index (Phi) is 6.60. The number of hydrogen-bond donors (Lipinski definition) is 2. The van der Waals surface area contributed by atoms with Crippen molar-refractivity contribution < 1.29 is 17.9 Å². The van der Waals surface area contributed by atoms with Crippen LogP contribution in [0.2, 0.25) is 0 Å². The van der Waals surface area contributed by atoms with Crippen LogP contribution in [0.25, 0.3) is 0 Å². The molecule has 0 aliphatic rings. The molecule has 2 N–H and O–H groups in total. The van der Waals surface area contributed by atoms with E-state index in [-0.39, 0.29) is 12.4 Å². The van der Waals surface area contributed by atoms with Gasteiger partial charge in [0.05, 0.1) is 12.4 Å². The monoisotopic (exact) mass is 320 g/mol. The van der Waals surface area contributed by atoms with Gasteiger partial charge in [-0.2, -0.15) is 0 Å². The van der Waals surface area contributed by atoms with Gasteiger partial charge in [-0.3, -0.25) is 10.0 Å². The van der Waals surface area contributed by atoms with E-state index in [1.807, 2.05) is 0 Å². The summed E-state index contributed by atoms with van der Waals surface area (Å²) in [6.07, 6.45) is -0.165. The van der Waals surface area contributed by atoms with Gasteiger partial charge in [0, 0.05) is 17.3 Å². The average Bonchev–Trinajstić information content (AvgIpc) is 2.39. The van der Waals surface area contributed by atoms with Crippen molar-refractivity contribution in [2.24, 2.45) is 0 Å². The van der Waals surface area contributed by atoms with Crippen molar-refractivity contribution in [2.45, 2.75) is 13.3 Å². The van der Waals surface area contributed by atoms with Gasteiger partial charge in [0.15, 0.2) is 0 Å². The molecule has 1 aromatic carbocycles. The lowest BCUT2D eigenvalue weighted by Crippen LogP contribution is -2.17. The topological polar surface area (TPSA) is 84.5 Å². The van der Waals surface area contributed by atoms with Crippen molar-refractivity contribution >= 4 is 39.1 Å². The maximum Gasteiger partial charge on any atom is 0.411 e. The molecule has 6 nitrogen and oxygen atoms in total. The number of hydrogen-bond acceptors (Lipinski definition) is 4. The van der Waals surface area contributed by atoms with Gasteiger partial charge in [0.2, 0.25) is 10.0 Å². The predicted molar refractivity (Wildman–Crippen MR) is 79.8 cm³/mol. The van der Waals surface area contributed by atoms with Gasteiger partial charge in [-0.15, -0.1) is 11.6 Å². The lowest BCUT2D eigenvalue weighted by atomic mass is 10.3. The summed E-state index contributed by atoms with van der Waals surface area (Å²) in [5.41, 5.74) is 0.945. The first-order chi connectivity index (χ1) is 9.46. The van der Waals surface area contributed by atoms with Gasteiger partial charge >= 0.3 is 6.09 Å². The molecule has 0 fully saturated rings. The van der Waals surface area contributed by atoms with E-state index in [4.69, 9.17) is 16.3 Å². The molecule has 0 radical (unpaired) electrons. The molecule has 1 rings (SSSR count). The summed E-state index contributed by atoms with van der Waals surface area (Å²) in [6.45, 7) is 1.99. The molecule has 0 heterocycles. The number of carbonyl (C=O) groups is 1. The van der Waals surface area contributed by atoms with Crippen LogP contribution < -0.4 is 10.0 Å². The second-order valence-corrected chi connectivity index (χ2v) is 6.11. The van der Waals surface area contributed by atoms with Crippen LogP contribution in [0, 0.1) is 0 Å². The highest BCUT2D eigenvalue weighted by Gasteiger charge is 2.09. The summed E-state index contributed by atoms with van der Waals surface area (Å²) in [5, 5.41) is 2.51. The summed E-state index contributed by atoms with van der Waals surface area (Å²) in [7, 11) is -3.39. The highest BCUT2D eigenvalue weighted by molar-refractivity contribution is 7.92. The van der Waals surface area contributed by atoms with Crippen LogP contribution in [0.4, 0.5) is 16.2 Å². The minimum atomic E-state index is -3.39. The Hall–Kier alpha value is -1.47. The van der Waals surface area contributed by atoms with Crippen LogP contribution in [-0.2, 0) is 14.8 Å². The van der Waals surface area contributed by atoms with Crippen molar-refractivity contribution in [3.05, 3.63) is 24.3 Å². The maximum absolute atomic E-state index is 11.6. The molecule has 1 aromatic rings. The minimum Gasteiger partial charge on any atom is -0.450 e. The highest BCUT2D eigenvalue weighted by atomic mass is 35.5. The molecule has 20 heavy (non-hydrogen) atoms. The Labute approximate surface area is 123 Å². The summed E-state index contributed by atoms with van der Waals surface area (Å²) in [4.78, 5) is 11.2. The number of amides is 1. The van der Waals surface area contributed by atoms with Crippen LogP contribution in [0.5, 0.6) is 0 Å². The minimum absolute atomic E-state index is 0.0284. The number of anilines is 2. The molecule has 1 amide bonds. The molecule has 0 aliphatic carbocycles. The first-order valence-corrected chi connectivity index (χ1v) is 8.26. The third-order valence-electron chi connectivity index (χ3n) is 2.23. The number of sulfonamides is 1.